The van der Waals surface area contributed by atoms with Crippen LogP contribution < -0.4 is 5.32 Å². The first-order valence-electron chi connectivity index (χ1n) is 9.07. The molecule has 1 heterocycles. The fourth-order valence-electron chi connectivity index (χ4n) is 3.00. The van der Waals surface area contributed by atoms with Crippen molar-refractivity contribution in [2.75, 3.05) is 26.4 Å². The van der Waals surface area contributed by atoms with Crippen LogP contribution in [0.2, 0.25) is 0 Å². The lowest BCUT2D eigenvalue weighted by molar-refractivity contribution is 0.477. The van der Waals surface area contributed by atoms with E-state index in [1.54, 1.807) is 11.8 Å². The monoisotopic (exact) mass is 501 g/mol. The number of benzene rings is 1. The van der Waals surface area contributed by atoms with Gasteiger partial charge in [0.2, 0.25) is 0 Å². The van der Waals surface area contributed by atoms with Crippen molar-refractivity contribution in [3.63, 3.8) is 0 Å². The average molecular weight is 501 g/mol. The molecule has 0 unspecified atom stereocenters. The summed E-state index contributed by atoms with van der Waals surface area (Å²) < 4.78 is 1.95. The second-order valence-corrected chi connectivity index (χ2v) is 7.34. The van der Waals surface area contributed by atoms with E-state index in [1.807, 2.05) is 11.7 Å². The van der Waals surface area contributed by atoms with Crippen molar-refractivity contribution in [2.45, 2.75) is 38.6 Å². The van der Waals surface area contributed by atoms with Gasteiger partial charge in [0.25, 0.3) is 0 Å². The number of aliphatic imine (C=N–C) groups is 1. The molecule has 150 valence electrons. The Morgan fingerprint density at radius 3 is 2.44 bits per heavy atom. The molecule has 27 heavy (non-hydrogen) atoms. The zero-order chi connectivity index (χ0) is 19.1. The summed E-state index contributed by atoms with van der Waals surface area (Å²) in [4.78, 5) is 8.29. The SMILES string of the molecule is CCNC(=NCCc1c(C)nn(C)c1C)N(C)Cc1ccc(SC)cc1.I. The number of rotatable bonds is 7. The molecule has 0 amide bonds. The van der Waals surface area contributed by atoms with Crippen LogP contribution in [0.3, 0.4) is 0 Å². The van der Waals surface area contributed by atoms with Gasteiger partial charge in [0.15, 0.2) is 5.96 Å². The van der Waals surface area contributed by atoms with Gasteiger partial charge in [0.05, 0.1) is 5.69 Å². The lowest BCUT2D eigenvalue weighted by Crippen LogP contribution is -2.38. The average Bonchev–Trinajstić information content (AvgIpc) is 2.87. The summed E-state index contributed by atoms with van der Waals surface area (Å²) in [5.74, 6) is 0.945. The molecule has 0 saturated heterocycles. The summed E-state index contributed by atoms with van der Waals surface area (Å²) in [5.41, 5.74) is 4.93. The number of aromatic nitrogens is 2. The van der Waals surface area contributed by atoms with E-state index in [2.05, 4.69) is 73.7 Å². The molecule has 0 aliphatic heterocycles. The minimum atomic E-state index is 0. The molecule has 1 N–H and O–H groups in total. The van der Waals surface area contributed by atoms with Gasteiger partial charge in [-0.3, -0.25) is 9.67 Å². The van der Waals surface area contributed by atoms with Gasteiger partial charge in [-0.2, -0.15) is 5.10 Å². The lowest BCUT2D eigenvalue weighted by atomic mass is 10.1. The van der Waals surface area contributed by atoms with Crippen LogP contribution in [-0.4, -0.2) is 47.0 Å². The highest BCUT2D eigenvalue weighted by Gasteiger charge is 2.10. The minimum absolute atomic E-state index is 0. The molecular weight excluding hydrogens is 469 g/mol. The third kappa shape index (κ3) is 6.71. The fraction of sp³-hybridized carbons (Fsp3) is 0.500. The predicted molar refractivity (Wildman–Crippen MR) is 127 cm³/mol. The van der Waals surface area contributed by atoms with Crippen molar-refractivity contribution in [3.8, 4) is 0 Å². The van der Waals surface area contributed by atoms with Crippen molar-refractivity contribution in [2.24, 2.45) is 12.0 Å². The van der Waals surface area contributed by atoms with Crippen LogP contribution >= 0.6 is 35.7 Å². The van der Waals surface area contributed by atoms with Crippen molar-refractivity contribution in [1.82, 2.24) is 20.0 Å². The number of hydrogen-bond acceptors (Lipinski definition) is 3. The van der Waals surface area contributed by atoms with Gasteiger partial charge in [-0.25, -0.2) is 0 Å². The van der Waals surface area contributed by atoms with E-state index in [4.69, 9.17) is 4.99 Å². The van der Waals surface area contributed by atoms with Gasteiger partial charge in [-0.1, -0.05) is 12.1 Å². The summed E-state index contributed by atoms with van der Waals surface area (Å²) in [7, 11) is 4.08. The Labute approximate surface area is 185 Å². The van der Waals surface area contributed by atoms with Gasteiger partial charge in [-0.05, 0) is 56.7 Å². The Morgan fingerprint density at radius 1 is 1.26 bits per heavy atom. The van der Waals surface area contributed by atoms with E-state index in [0.29, 0.717) is 0 Å². The zero-order valence-electron chi connectivity index (χ0n) is 17.2. The van der Waals surface area contributed by atoms with Crippen molar-refractivity contribution in [1.29, 1.82) is 0 Å². The van der Waals surface area contributed by atoms with Crippen LogP contribution in [-0.2, 0) is 20.0 Å². The molecule has 0 aliphatic rings. The first-order chi connectivity index (χ1) is 12.5. The summed E-state index contributed by atoms with van der Waals surface area (Å²) in [6.07, 6.45) is 3.01. The van der Waals surface area contributed by atoms with E-state index < -0.39 is 0 Å². The molecule has 2 aromatic rings. The first kappa shape index (κ1) is 23.8. The molecule has 0 saturated carbocycles. The van der Waals surface area contributed by atoms with E-state index in [9.17, 15) is 0 Å². The maximum atomic E-state index is 4.82. The second kappa shape index (κ2) is 11.6. The van der Waals surface area contributed by atoms with E-state index in [-0.39, 0.29) is 24.0 Å². The molecule has 1 aromatic heterocycles. The number of nitrogens with zero attached hydrogens (tertiary/aromatic N) is 4. The van der Waals surface area contributed by atoms with Gasteiger partial charge < -0.3 is 10.2 Å². The number of guanidine groups is 1. The fourth-order valence-corrected chi connectivity index (χ4v) is 3.41. The molecule has 1 aromatic carbocycles. The third-order valence-corrected chi connectivity index (χ3v) is 5.30. The molecule has 0 fully saturated rings. The predicted octanol–water partition coefficient (Wildman–Crippen LogP) is 4.02. The number of halogens is 1. The molecule has 2 rings (SSSR count). The van der Waals surface area contributed by atoms with Crippen molar-refractivity contribution < 1.29 is 0 Å². The standard InChI is InChI=1S/C20H31N5S.HI/c1-7-21-20(22-13-12-19-15(2)23-25(5)16(19)3)24(4)14-17-8-10-18(26-6)11-9-17;/h8-11H,7,12-14H2,1-6H3,(H,21,22);1H. The Hall–Kier alpha value is -1.22. The Morgan fingerprint density at radius 2 is 1.93 bits per heavy atom. The number of aryl methyl sites for hydroxylation is 2. The maximum absolute atomic E-state index is 4.82. The summed E-state index contributed by atoms with van der Waals surface area (Å²) in [5, 5.41) is 7.89. The molecular formula is C20H32IN5S. The van der Waals surface area contributed by atoms with Crippen molar-refractivity contribution in [3.05, 3.63) is 46.8 Å². The van der Waals surface area contributed by atoms with Crippen molar-refractivity contribution >= 4 is 41.7 Å². The Bertz CT molecular complexity index is 740. The molecule has 0 aliphatic carbocycles. The van der Waals surface area contributed by atoms with Crippen LogP contribution in [0.4, 0.5) is 0 Å². The third-order valence-electron chi connectivity index (χ3n) is 4.56. The smallest absolute Gasteiger partial charge is 0.193 e. The van der Waals surface area contributed by atoms with Crippen LogP contribution in [0.5, 0.6) is 0 Å². The minimum Gasteiger partial charge on any atom is -0.357 e. The molecule has 5 nitrogen and oxygen atoms in total. The van der Waals surface area contributed by atoms with Gasteiger partial charge >= 0.3 is 0 Å². The summed E-state index contributed by atoms with van der Waals surface area (Å²) in [6, 6.07) is 8.72. The number of hydrogen-bond donors (Lipinski definition) is 1. The van der Waals surface area contributed by atoms with Gasteiger partial charge in [0, 0.05) is 44.3 Å². The van der Waals surface area contributed by atoms with Gasteiger partial charge in [0.1, 0.15) is 0 Å². The first-order valence-corrected chi connectivity index (χ1v) is 10.3. The lowest BCUT2D eigenvalue weighted by Gasteiger charge is -2.22. The van der Waals surface area contributed by atoms with Crippen LogP contribution in [0.1, 0.15) is 29.4 Å². The quantitative estimate of drug-likeness (QED) is 0.270. The Balaban J connectivity index is 0.00000364. The highest BCUT2D eigenvalue weighted by molar-refractivity contribution is 14.0. The van der Waals surface area contributed by atoms with Gasteiger partial charge in [-0.15, -0.1) is 35.7 Å². The number of nitrogens with one attached hydrogen (secondary N) is 1. The van der Waals surface area contributed by atoms with E-state index in [0.717, 1.165) is 37.7 Å². The van der Waals surface area contributed by atoms with Crippen LogP contribution in [0, 0.1) is 13.8 Å². The summed E-state index contributed by atoms with van der Waals surface area (Å²) in [6.45, 7) is 8.75. The highest BCUT2D eigenvalue weighted by Crippen LogP contribution is 2.16. The maximum Gasteiger partial charge on any atom is 0.193 e. The number of thioether (sulfide) groups is 1. The Kier molecular flexibility index (Phi) is 10.2. The van der Waals surface area contributed by atoms with Crippen LogP contribution in [0.25, 0.3) is 0 Å². The summed E-state index contributed by atoms with van der Waals surface area (Å²) >= 11 is 1.77. The molecule has 7 heteroatoms. The molecule has 0 radical (unpaired) electrons. The normalized spacial score (nSPS) is 11.3. The van der Waals surface area contributed by atoms with Crippen LogP contribution in [0.15, 0.2) is 34.2 Å². The topological polar surface area (TPSA) is 45.5 Å². The largest absolute Gasteiger partial charge is 0.357 e. The van der Waals surface area contributed by atoms with E-state index >= 15 is 0 Å². The zero-order valence-corrected chi connectivity index (χ0v) is 20.4. The molecule has 0 spiro atoms. The van der Waals surface area contributed by atoms with E-state index in [1.165, 1.54) is 21.7 Å². The highest BCUT2D eigenvalue weighted by atomic mass is 127. The second-order valence-electron chi connectivity index (χ2n) is 6.46. The molecule has 0 bridgehead atoms. The molecule has 0 atom stereocenters.